The van der Waals surface area contributed by atoms with Crippen molar-refractivity contribution in [3.05, 3.63) is 78.2 Å². The molecular weight excluding hydrogens is 428 g/mol. The molecular formula is C23H18N4O4S. The number of pyridine rings is 1. The molecule has 8 nitrogen and oxygen atoms in total. The Morgan fingerprint density at radius 3 is 2.72 bits per heavy atom. The number of hydrogen-bond acceptors (Lipinski definition) is 7. The number of nitrogens with one attached hydrogen (secondary N) is 1. The molecule has 32 heavy (non-hydrogen) atoms. The number of furan rings is 1. The van der Waals surface area contributed by atoms with E-state index in [9.17, 15) is 13.6 Å². The van der Waals surface area contributed by atoms with E-state index in [1.807, 2.05) is 31.2 Å². The number of hydrogen-bond donors (Lipinski definition) is 1. The van der Waals surface area contributed by atoms with E-state index in [-0.39, 0.29) is 10.6 Å². The highest BCUT2D eigenvalue weighted by molar-refractivity contribution is 7.90. The molecule has 0 bridgehead atoms. The van der Waals surface area contributed by atoms with Gasteiger partial charge in [-0.2, -0.15) is 4.73 Å². The van der Waals surface area contributed by atoms with Crippen molar-refractivity contribution in [1.29, 1.82) is 0 Å². The van der Waals surface area contributed by atoms with Gasteiger partial charge in [-0.15, -0.1) is 0 Å². The summed E-state index contributed by atoms with van der Waals surface area (Å²) in [6.45, 7) is 1.98. The third-order valence-corrected chi connectivity index (χ3v) is 6.38. The van der Waals surface area contributed by atoms with Crippen LogP contribution >= 0.6 is 0 Å². The van der Waals surface area contributed by atoms with Gasteiger partial charge >= 0.3 is 0 Å². The van der Waals surface area contributed by atoms with Crippen molar-refractivity contribution < 1.29 is 17.6 Å². The summed E-state index contributed by atoms with van der Waals surface area (Å²) in [6.07, 6.45) is 8.38. The fourth-order valence-corrected chi connectivity index (χ4v) is 4.54. The van der Waals surface area contributed by atoms with Gasteiger partial charge in [-0.3, -0.25) is 9.97 Å². The van der Waals surface area contributed by atoms with Crippen LogP contribution in [0.15, 0.2) is 76.8 Å². The highest BCUT2D eigenvalue weighted by Crippen LogP contribution is 2.34. The standard InChI is InChI=1S/C23H18N4O4S/c1-14-13-31-21-4-3-15(9-17(14)21)18-10-16(11-19-23(18)25-7-6-24-19)26-20-12-27(28)8-5-22(20)32(2,29)30/h3-13,26H,1-2H3. The average molecular weight is 446 g/mol. The highest BCUT2D eigenvalue weighted by atomic mass is 32.2. The van der Waals surface area contributed by atoms with Crippen LogP contribution in [-0.2, 0) is 9.84 Å². The zero-order valence-corrected chi connectivity index (χ0v) is 18.1. The second-order valence-electron chi connectivity index (χ2n) is 7.56. The largest absolute Gasteiger partial charge is 0.619 e. The van der Waals surface area contributed by atoms with Crippen LogP contribution in [-0.4, -0.2) is 24.6 Å². The lowest BCUT2D eigenvalue weighted by Gasteiger charge is -2.13. The van der Waals surface area contributed by atoms with E-state index in [1.165, 1.54) is 12.3 Å². The first-order valence-corrected chi connectivity index (χ1v) is 11.6. The van der Waals surface area contributed by atoms with Crippen LogP contribution in [0.1, 0.15) is 5.56 Å². The van der Waals surface area contributed by atoms with Crippen molar-refractivity contribution in [2.45, 2.75) is 11.8 Å². The maximum absolute atomic E-state index is 12.2. The molecule has 0 saturated heterocycles. The summed E-state index contributed by atoms with van der Waals surface area (Å²) in [6, 6.07) is 10.8. The number of aryl methyl sites for hydroxylation is 1. The smallest absolute Gasteiger partial charge is 0.205 e. The number of anilines is 2. The molecule has 0 atom stereocenters. The second-order valence-corrected chi connectivity index (χ2v) is 9.54. The van der Waals surface area contributed by atoms with Gasteiger partial charge in [0.15, 0.2) is 16.0 Å². The van der Waals surface area contributed by atoms with Crippen LogP contribution in [0.3, 0.4) is 0 Å². The van der Waals surface area contributed by atoms with E-state index in [4.69, 9.17) is 4.42 Å². The quantitative estimate of drug-likeness (QED) is 0.326. The van der Waals surface area contributed by atoms with Gasteiger partial charge < -0.3 is 14.9 Å². The number of aromatic nitrogens is 3. The first-order chi connectivity index (χ1) is 15.3. The van der Waals surface area contributed by atoms with E-state index >= 15 is 0 Å². The molecule has 5 aromatic rings. The van der Waals surface area contributed by atoms with Gasteiger partial charge in [0, 0.05) is 41.4 Å². The van der Waals surface area contributed by atoms with Crippen LogP contribution in [0.25, 0.3) is 33.1 Å². The molecule has 0 amide bonds. The van der Waals surface area contributed by atoms with Crippen LogP contribution in [0, 0.1) is 12.1 Å². The number of benzene rings is 2. The van der Waals surface area contributed by atoms with Crippen LogP contribution in [0.5, 0.6) is 0 Å². The molecule has 0 spiro atoms. The molecule has 9 heteroatoms. The maximum Gasteiger partial charge on any atom is 0.205 e. The predicted octanol–water partition coefficient (Wildman–Crippen LogP) is 4.13. The molecule has 0 radical (unpaired) electrons. The average Bonchev–Trinajstić information content (AvgIpc) is 3.12. The van der Waals surface area contributed by atoms with Gasteiger partial charge in [0.2, 0.25) is 6.20 Å². The highest BCUT2D eigenvalue weighted by Gasteiger charge is 2.18. The van der Waals surface area contributed by atoms with Crippen molar-refractivity contribution in [3.63, 3.8) is 0 Å². The summed E-state index contributed by atoms with van der Waals surface area (Å²) < 4.78 is 30.5. The molecule has 0 aliphatic rings. The predicted molar refractivity (Wildman–Crippen MR) is 121 cm³/mol. The van der Waals surface area contributed by atoms with E-state index in [0.29, 0.717) is 21.5 Å². The van der Waals surface area contributed by atoms with Crippen LogP contribution < -0.4 is 10.0 Å². The Morgan fingerprint density at radius 2 is 1.91 bits per heavy atom. The summed E-state index contributed by atoms with van der Waals surface area (Å²) >= 11 is 0. The van der Waals surface area contributed by atoms with Crippen molar-refractivity contribution in [2.24, 2.45) is 0 Å². The Morgan fingerprint density at radius 1 is 1.09 bits per heavy atom. The minimum Gasteiger partial charge on any atom is -0.619 e. The normalized spacial score (nSPS) is 11.8. The topological polar surface area (TPSA) is 112 Å². The van der Waals surface area contributed by atoms with Gasteiger partial charge in [-0.1, -0.05) is 6.07 Å². The van der Waals surface area contributed by atoms with Gasteiger partial charge in [-0.05, 0) is 42.3 Å². The Labute approximate surface area is 183 Å². The zero-order valence-electron chi connectivity index (χ0n) is 17.2. The van der Waals surface area contributed by atoms with Gasteiger partial charge in [-0.25, -0.2) is 8.42 Å². The number of fused-ring (bicyclic) bond motifs is 2. The SMILES string of the molecule is Cc1coc2ccc(-c3cc(Nc4c[n+]([O-])ccc4S(C)(=O)=O)cc4nccnc34)cc12. The molecule has 0 unspecified atom stereocenters. The summed E-state index contributed by atoms with van der Waals surface area (Å²) in [7, 11) is -3.55. The molecule has 0 aliphatic heterocycles. The second kappa shape index (κ2) is 7.31. The fourth-order valence-electron chi connectivity index (χ4n) is 3.73. The molecule has 2 aromatic carbocycles. The Balaban J connectivity index is 1.70. The number of nitrogens with zero attached hydrogens (tertiary/aromatic N) is 3. The van der Waals surface area contributed by atoms with Gasteiger partial charge in [0.1, 0.15) is 16.2 Å². The maximum atomic E-state index is 12.2. The molecule has 0 saturated carbocycles. The van der Waals surface area contributed by atoms with E-state index in [0.717, 1.165) is 40.1 Å². The van der Waals surface area contributed by atoms with E-state index in [1.54, 1.807) is 24.7 Å². The number of sulfone groups is 1. The molecule has 0 fully saturated rings. The van der Waals surface area contributed by atoms with Crippen molar-refractivity contribution >= 4 is 43.2 Å². The third-order valence-electron chi connectivity index (χ3n) is 5.22. The fraction of sp³-hybridized carbons (Fsp3) is 0.0870. The molecule has 160 valence electrons. The summed E-state index contributed by atoms with van der Waals surface area (Å²) in [5, 5.41) is 15.9. The van der Waals surface area contributed by atoms with Gasteiger partial charge in [0.25, 0.3) is 0 Å². The molecule has 0 aliphatic carbocycles. The van der Waals surface area contributed by atoms with E-state index in [2.05, 4.69) is 15.3 Å². The first-order valence-electron chi connectivity index (χ1n) is 9.72. The zero-order chi connectivity index (χ0) is 22.5. The lowest BCUT2D eigenvalue weighted by atomic mass is 10.0. The van der Waals surface area contributed by atoms with Gasteiger partial charge in [0.05, 0.1) is 17.3 Å². The van der Waals surface area contributed by atoms with Crippen molar-refractivity contribution in [3.8, 4) is 11.1 Å². The third kappa shape index (κ3) is 3.52. The Kier molecular flexibility index (Phi) is 4.56. The minimum atomic E-state index is -3.55. The van der Waals surface area contributed by atoms with Crippen LogP contribution in [0.4, 0.5) is 11.4 Å². The number of rotatable bonds is 4. The van der Waals surface area contributed by atoms with Crippen LogP contribution in [0.2, 0.25) is 0 Å². The first kappa shape index (κ1) is 20.0. The molecule has 3 aromatic heterocycles. The lowest BCUT2D eigenvalue weighted by Crippen LogP contribution is -2.25. The molecule has 1 N–H and O–H groups in total. The monoisotopic (exact) mass is 446 g/mol. The van der Waals surface area contributed by atoms with E-state index < -0.39 is 9.84 Å². The molecule has 3 heterocycles. The Bertz CT molecular complexity index is 1610. The summed E-state index contributed by atoms with van der Waals surface area (Å²) in [4.78, 5) is 8.95. The van der Waals surface area contributed by atoms with Crippen molar-refractivity contribution in [2.75, 3.05) is 11.6 Å². The minimum absolute atomic E-state index is 0.0286. The summed E-state index contributed by atoms with van der Waals surface area (Å²) in [5.74, 6) is 0. The molecule has 5 rings (SSSR count). The van der Waals surface area contributed by atoms with Crippen molar-refractivity contribution in [1.82, 2.24) is 9.97 Å². The summed E-state index contributed by atoms with van der Waals surface area (Å²) in [5.41, 5.74) is 5.62. The Hall–Kier alpha value is -3.98. The lowest BCUT2D eigenvalue weighted by molar-refractivity contribution is -0.605.